The van der Waals surface area contributed by atoms with E-state index in [4.69, 9.17) is 5.11 Å². The Morgan fingerprint density at radius 3 is 2.75 bits per heavy atom. The number of carboxylic acids is 1. The summed E-state index contributed by atoms with van der Waals surface area (Å²) in [6.07, 6.45) is 1.75. The van der Waals surface area contributed by atoms with Crippen LogP contribution in [0.2, 0.25) is 0 Å². The Labute approximate surface area is 72.6 Å². The minimum Gasteiger partial charge on any atom is -0.480 e. The van der Waals surface area contributed by atoms with Crippen LogP contribution in [0.4, 0.5) is 0 Å². The molecule has 1 rings (SSSR count). The van der Waals surface area contributed by atoms with Crippen LogP contribution >= 0.6 is 0 Å². The molecular formula is C8H16N2O2. The van der Waals surface area contributed by atoms with E-state index >= 15 is 0 Å². The molecule has 1 saturated heterocycles. The lowest BCUT2D eigenvalue weighted by atomic mass is 9.99. The summed E-state index contributed by atoms with van der Waals surface area (Å²) in [6.45, 7) is 0.805. The van der Waals surface area contributed by atoms with Crippen molar-refractivity contribution < 1.29 is 9.90 Å². The molecule has 4 heteroatoms. The van der Waals surface area contributed by atoms with Gasteiger partial charge in [0.25, 0.3) is 0 Å². The van der Waals surface area contributed by atoms with Crippen LogP contribution in [-0.4, -0.2) is 48.7 Å². The number of nitrogens with zero attached hydrogens (tertiary/aromatic N) is 1. The van der Waals surface area contributed by atoms with Gasteiger partial charge in [-0.15, -0.1) is 0 Å². The van der Waals surface area contributed by atoms with Gasteiger partial charge in [-0.25, -0.2) is 0 Å². The molecule has 0 bridgehead atoms. The SMILES string of the molecule is CN(C)C1CCNC(C(=O)O)C1. The Balaban J connectivity index is 2.46. The zero-order chi connectivity index (χ0) is 9.14. The van der Waals surface area contributed by atoms with Crippen LogP contribution in [0.15, 0.2) is 0 Å². The number of nitrogens with one attached hydrogen (secondary N) is 1. The maximum atomic E-state index is 10.6. The average Bonchev–Trinajstić information content (AvgIpc) is 2.04. The summed E-state index contributed by atoms with van der Waals surface area (Å²) in [6, 6.07) is 0.0542. The second-order valence-corrected chi connectivity index (χ2v) is 3.49. The third-order valence-electron chi connectivity index (χ3n) is 2.40. The molecule has 0 aromatic carbocycles. The number of piperidine rings is 1. The second kappa shape index (κ2) is 3.87. The number of hydrogen-bond acceptors (Lipinski definition) is 3. The molecule has 0 aromatic rings. The van der Waals surface area contributed by atoms with Crippen molar-refractivity contribution in [1.29, 1.82) is 0 Å². The van der Waals surface area contributed by atoms with E-state index in [1.54, 1.807) is 0 Å². The minimum atomic E-state index is -0.735. The summed E-state index contributed by atoms with van der Waals surface area (Å²) in [4.78, 5) is 12.7. The number of rotatable bonds is 2. The molecule has 1 heterocycles. The second-order valence-electron chi connectivity index (χ2n) is 3.49. The van der Waals surface area contributed by atoms with Crippen molar-refractivity contribution in [3.63, 3.8) is 0 Å². The number of carboxylic acid groups (broad SMARTS) is 1. The fourth-order valence-electron chi connectivity index (χ4n) is 1.55. The summed E-state index contributed by atoms with van der Waals surface area (Å²) in [5.74, 6) is -0.735. The van der Waals surface area contributed by atoms with Gasteiger partial charge in [-0.3, -0.25) is 4.79 Å². The van der Waals surface area contributed by atoms with E-state index in [2.05, 4.69) is 10.2 Å². The highest BCUT2D eigenvalue weighted by Gasteiger charge is 2.27. The summed E-state index contributed by atoms with van der Waals surface area (Å²) in [5.41, 5.74) is 0. The van der Waals surface area contributed by atoms with Crippen molar-refractivity contribution in [3.05, 3.63) is 0 Å². The molecule has 0 aliphatic carbocycles. The first-order chi connectivity index (χ1) is 5.61. The molecule has 4 nitrogen and oxygen atoms in total. The van der Waals surface area contributed by atoms with Crippen LogP contribution in [-0.2, 0) is 4.79 Å². The highest BCUT2D eigenvalue weighted by molar-refractivity contribution is 5.73. The van der Waals surface area contributed by atoms with E-state index in [1.807, 2.05) is 14.1 Å². The maximum absolute atomic E-state index is 10.6. The van der Waals surface area contributed by atoms with Gasteiger partial charge in [-0.05, 0) is 33.5 Å². The van der Waals surface area contributed by atoms with E-state index in [9.17, 15) is 4.79 Å². The van der Waals surface area contributed by atoms with Gasteiger partial charge in [0.1, 0.15) is 6.04 Å². The standard InChI is InChI=1S/C8H16N2O2/c1-10(2)6-3-4-9-7(5-6)8(11)12/h6-7,9H,3-5H2,1-2H3,(H,11,12). The van der Waals surface area contributed by atoms with Crippen LogP contribution in [0, 0.1) is 0 Å². The Kier molecular flexibility index (Phi) is 3.05. The van der Waals surface area contributed by atoms with E-state index in [-0.39, 0.29) is 6.04 Å². The summed E-state index contributed by atoms with van der Waals surface area (Å²) in [5, 5.41) is 11.7. The Hall–Kier alpha value is -0.610. The van der Waals surface area contributed by atoms with Crippen LogP contribution in [0.3, 0.4) is 0 Å². The fraction of sp³-hybridized carbons (Fsp3) is 0.875. The molecule has 1 aliphatic rings. The van der Waals surface area contributed by atoms with Crippen molar-refractivity contribution in [2.75, 3.05) is 20.6 Å². The van der Waals surface area contributed by atoms with Crippen LogP contribution < -0.4 is 5.32 Å². The molecule has 70 valence electrons. The lowest BCUT2D eigenvalue weighted by Gasteiger charge is -2.32. The van der Waals surface area contributed by atoms with Crippen LogP contribution in [0.25, 0.3) is 0 Å². The highest BCUT2D eigenvalue weighted by Crippen LogP contribution is 2.12. The van der Waals surface area contributed by atoms with Gasteiger partial charge in [0.15, 0.2) is 0 Å². The molecule has 1 fully saturated rings. The average molecular weight is 172 g/mol. The van der Waals surface area contributed by atoms with Crippen LogP contribution in [0.5, 0.6) is 0 Å². The van der Waals surface area contributed by atoms with Crippen molar-refractivity contribution in [1.82, 2.24) is 10.2 Å². The summed E-state index contributed by atoms with van der Waals surface area (Å²) in [7, 11) is 3.99. The summed E-state index contributed by atoms with van der Waals surface area (Å²) < 4.78 is 0. The van der Waals surface area contributed by atoms with Crippen LogP contribution in [0.1, 0.15) is 12.8 Å². The molecule has 1 aliphatic heterocycles. The monoisotopic (exact) mass is 172 g/mol. The number of aliphatic carboxylic acids is 1. The molecule has 2 unspecified atom stereocenters. The minimum absolute atomic E-state index is 0.355. The third kappa shape index (κ3) is 2.19. The largest absolute Gasteiger partial charge is 0.480 e. The number of hydrogen-bond donors (Lipinski definition) is 2. The molecule has 2 atom stereocenters. The molecule has 0 radical (unpaired) electrons. The Morgan fingerprint density at radius 1 is 1.58 bits per heavy atom. The zero-order valence-corrected chi connectivity index (χ0v) is 7.58. The third-order valence-corrected chi connectivity index (χ3v) is 2.40. The van der Waals surface area contributed by atoms with Gasteiger partial charge in [-0.1, -0.05) is 0 Å². The normalized spacial score (nSPS) is 30.6. The highest BCUT2D eigenvalue weighted by atomic mass is 16.4. The molecule has 2 N–H and O–H groups in total. The lowest BCUT2D eigenvalue weighted by Crippen LogP contribution is -2.49. The quantitative estimate of drug-likeness (QED) is 0.603. The van der Waals surface area contributed by atoms with Crippen molar-refractivity contribution in [3.8, 4) is 0 Å². The van der Waals surface area contributed by atoms with Gasteiger partial charge in [0, 0.05) is 6.04 Å². The van der Waals surface area contributed by atoms with Gasteiger partial charge in [0.05, 0.1) is 0 Å². The molecule has 12 heavy (non-hydrogen) atoms. The first-order valence-electron chi connectivity index (χ1n) is 4.24. The maximum Gasteiger partial charge on any atom is 0.320 e. The molecule has 0 saturated carbocycles. The van der Waals surface area contributed by atoms with Gasteiger partial charge in [0.2, 0.25) is 0 Å². The van der Waals surface area contributed by atoms with Crippen molar-refractivity contribution in [2.45, 2.75) is 24.9 Å². The first-order valence-corrected chi connectivity index (χ1v) is 4.24. The molecular weight excluding hydrogens is 156 g/mol. The van der Waals surface area contributed by atoms with E-state index < -0.39 is 5.97 Å². The van der Waals surface area contributed by atoms with Crippen molar-refractivity contribution in [2.24, 2.45) is 0 Å². The smallest absolute Gasteiger partial charge is 0.320 e. The first kappa shape index (κ1) is 9.48. The van der Waals surface area contributed by atoms with E-state index in [0.717, 1.165) is 13.0 Å². The molecule has 0 aromatic heterocycles. The van der Waals surface area contributed by atoms with Gasteiger partial charge < -0.3 is 15.3 Å². The van der Waals surface area contributed by atoms with Gasteiger partial charge in [-0.2, -0.15) is 0 Å². The summed E-state index contributed by atoms with van der Waals surface area (Å²) >= 11 is 0. The topological polar surface area (TPSA) is 52.6 Å². The predicted octanol–water partition coefficient (Wildman–Crippen LogP) is -0.247. The predicted molar refractivity (Wildman–Crippen MR) is 46.1 cm³/mol. The molecule has 0 amide bonds. The van der Waals surface area contributed by atoms with E-state index in [0.29, 0.717) is 12.5 Å². The zero-order valence-electron chi connectivity index (χ0n) is 7.58. The Bertz CT molecular complexity index is 170. The lowest BCUT2D eigenvalue weighted by molar-refractivity contribution is -0.140. The Morgan fingerprint density at radius 2 is 2.25 bits per heavy atom. The van der Waals surface area contributed by atoms with E-state index in [1.165, 1.54) is 0 Å². The fourth-order valence-corrected chi connectivity index (χ4v) is 1.55. The van der Waals surface area contributed by atoms with Gasteiger partial charge >= 0.3 is 5.97 Å². The number of carbonyl (C=O) groups is 1. The molecule has 0 spiro atoms. The van der Waals surface area contributed by atoms with Crippen molar-refractivity contribution >= 4 is 5.97 Å².